The predicted molar refractivity (Wildman–Crippen MR) is 67.5 cm³/mol. The molecule has 7 heteroatoms. The molecule has 3 rings (SSSR count). The molecule has 2 heterocycles. The second-order valence-electron chi connectivity index (χ2n) is 3.63. The molecule has 2 aromatic heterocycles. The van der Waals surface area contributed by atoms with Crippen LogP contribution in [-0.4, -0.2) is 25.2 Å². The molecule has 0 aliphatic rings. The molecule has 3 aromatic rings. The summed E-state index contributed by atoms with van der Waals surface area (Å²) in [6.45, 7) is 0. The first kappa shape index (κ1) is 11.8. The van der Waals surface area contributed by atoms with Crippen LogP contribution in [-0.2, 0) is 0 Å². The third-order valence-corrected chi connectivity index (χ3v) is 3.28. The first-order chi connectivity index (χ1) is 9.33. The summed E-state index contributed by atoms with van der Waals surface area (Å²) in [5.41, 5.74) is 0.851. The lowest BCUT2D eigenvalue weighted by molar-refractivity contribution is 0.579. The van der Waals surface area contributed by atoms with Gasteiger partial charge in [-0.1, -0.05) is 18.2 Å². The summed E-state index contributed by atoms with van der Waals surface area (Å²) < 4.78 is 14.6. The van der Waals surface area contributed by atoms with Crippen LogP contribution in [0.25, 0.3) is 5.69 Å². The largest absolute Gasteiger partial charge is 0.228 e. The second-order valence-corrected chi connectivity index (χ2v) is 4.67. The Bertz CT molecular complexity index is 685. The summed E-state index contributed by atoms with van der Waals surface area (Å²) in [6.07, 6.45) is 1.41. The van der Waals surface area contributed by atoms with E-state index >= 15 is 0 Å². The number of hydrogen-bond donors (Lipinski definition) is 0. The van der Waals surface area contributed by atoms with E-state index in [1.807, 2.05) is 30.3 Å². The molecule has 0 unspecified atom stereocenters. The van der Waals surface area contributed by atoms with Gasteiger partial charge in [-0.15, -0.1) is 5.10 Å². The summed E-state index contributed by atoms with van der Waals surface area (Å²) in [7, 11) is 0. The van der Waals surface area contributed by atoms with Gasteiger partial charge < -0.3 is 0 Å². The zero-order valence-corrected chi connectivity index (χ0v) is 10.5. The lowest BCUT2D eigenvalue weighted by Gasteiger charge is -2.03. The van der Waals surface area contributed by atoms with Crippen molar-refractivity contribution in [3.05, 3.63) is 54.6 Å². The number of benzene rings is 1. The fourth-order valence-electron chi connectivity index (χ4n) is 1.53. The lowest BCUT2D eigenvalue weighted by Crippen LogP contribution is -1.98. The standard InChI is InChI=1S/C12H8FN5S/c13-11-8-10(6-7-14-11)19-12-15-16-17-18(12)9-4-2-1-3-5-9/h1-8H. The Kier molecular flexibility index (Phi) is 3.20. The van der Waals surface area contributed by atoms with Gasteiger partial charge in [0.05, 0.1) is 5.69 Å². The van der Waals surface area contributed by atoms with Gasteiger partial charge in [-0.05, 0) is 40.4 Å². The van der Waals surface area contributed by atoms with E-state index < -0.39 is 5.95 Å². The molecule has 0 bridgehead atoms. The van der Waals surface area contributed by atoms with Crippen molar-refractivity contribution in [3.8, 4) is 5.69 Å². The first-order valence-corrected chi connectivity index (χ1v) is 6.28. The van der Waals surface area contributed by atoms with Gasteiger partial charge >= 0.3 is 0 Å². The molecule has 0 N–H and O–H groups in total. The molecular formula is C12H8FN5S. The summed E-state index contributed by atoms with van der Waals surface area (Å²) >= 11 is 1.28. The average molecular weight is 273 g/mol. The van der Waals surface area contributed by atoms with Gasteiger partial charge in [-0.2, -0.15) is 9.07 Å². The molecule has 0 atom stereocenters. The van der Waals surface area contributed by atoms with Gasteiger partial charge in [0.2, 0.25) is 11.1 Å². The molecule has 0 fully saturated rings. The molecule has 0 radical (unpaired) electrons. The van der Waals surface area contributed by atoms with Crippen molar-refractivity contribution in [3.63, 3.8) is 0 Å². The molecule has 0 aliphatic carbocycles. The highest BCUT2D eigenvalue weighted by Gasteiger charge is 2.10. The van der Waals surface area contributed by atoms with Gasteiger partial charge in [0.15, 0.2) is 0 Å². The van der Waals surface area contributed by atoms with Gasteiger partial charge in [-0.3, -0.25) is 0 Å². The highest BCUT2D eigenvalue weighted by Crippen LogP contribution is 2.26. The van der Waals surface area contributed by atoms with Crippen LogP contribution in [0.2, 0.25) is 0 Å². The van der Waals surface area contributed by atoms with Gasteiger partial charge in [0, 0.05) is 17.2 Å². The van der Waals surface area contributed by atoms with Crippen molar-refractivity contribution in [2.75, 3.05) is 0 Å². The van der Waals surface area contributed by atoms with Crippen LogP contribution < -0.4 is 0 Å². The topological polar surface area (TPSA) is 56.5 Å². The highest BCUT2D eigenvalue weighted by molar-refractivity contribution is 7.99. The molecule has 0 spiro atoms. The maximum atomic E-state index is 13.0. The minimum atomic E-state index is -0.524. The number of para-hydroxylation sites is 1. The Labute approximate surface area is 112 Å². The van der Waals surface area contributed by atoms with Crippen molar-refractivity contribution in [2.24, 2.45) is 0 Å². The van der Waals surface area contributed by atoms with Crippen molar-refractivity contribution in [1.29, 1.82) is 0 Å². The predicted octanol–water partition coefficient (Wildman–Crippen LogP) is 2.35. The number of tetrazole rings is 1. The quantitative estimate of drug-likeness (QED) is 0.686. The zero-order valence-electron chi connectivity index (χ0n) is 9.64. The van der Waals surface area contributed by atoms with Crippen LogP contribution in [0.3, 0.4) is 0 Å². The Balaban J connectivity index is 1.93. The summed E-state index contributed by atoms with van der Waals surface area (Å²) in [5, 5.41) is 12.1. The number of rotatable bonds is 3. The van der Waals surface area contributed by atoms with E-state index in [1.54, 1.807) is 10.7 Å². The number of nitrogens with zero attached hydrogens (tertiary/aromatic N) is 5. The van der Waals surface area contributed by atoms with Crippen molar-refractivity contribution >= 4 is 11.8 Å². The number of halogens is 1. The SMILES string of the molecule is Fc1cc(Sc2nnnn2-c2ccccc2)ccn1. The Morgan fingerprint density at radius 2 is 1.95 bits per heavy atom. The van der Waals surface area contributed by atoms with Crippen LogP contribution in [0.1, 0.15) is 0 Å². The minimum Gasteiger partial charge on any atom is -0.228 e. The summed E-state index contributed by atoms with van der Waals surface area (Å²) in [4.78, 5) is 4.21. The number of aromatic nitrogens is 5. The smallest absolute Gasteiger partial charge is 0.218 e. The Morgan fingerprint density at radius 3 is 2.74 bits per heavy atom. The maximum absolute atomic E-state index is 13.0. The van der Waals surface area contributed by atoms with Crippen molar-refractivity contribution in [1.82, 2.24) is 25.2 Å². The molecular weight excluding hydrogens is 265 g/mol. The van der Waals surface area contributed by atoms with E-state index in [0.717, 1.165) is 5.69 Å². The molecule has 0 saturated heterocycles. The van der Waals surface area contributed by atoms with Crippen molar-refractivity contribution < 1.29 is 4.39 Å². The van der Waals surface area contributed by atoms with E-state index in [1.165, 1.54) is 24.0 Å². The van der Waals surface area contributed by atoms with Crippen LogP contribution in [0.5, 0.6) is 0 Å². The lowest BCUT2D eigenvalue weighted by atomic mass is 10.3. The van der Waals surface area contributed by atoms with Gasteiger partial charge in [0.25, 0.3) is 0 Å². The molecule has 1 aromatic carbocycles. The Hall–Kier alpha value is -2.28. The van der Waals surface area contributed by atoms with E-state index in [4.69, 9.17) is 0 Å². The Morgan fingerprint density at radius 1 is 1.11 bits per heavy atom. The number of pyridine rings is 1. The third kappa shape index (κ3) is 2.60. The summed E-state index contributed by atoms with van der Waals surface area (Å²) in [5.74, 6) is -0.524. The summed E-state index contributed by atoms with van der Waals surface area (Å²) in [6, 6.07) is 12.6. The zero-order chi connectivity index (χ0) is 13.1. The minimum absolute atomic E-state index is 0.524. The molecule has 94 valence electrons. The maximum Gasteiger partial charge on any atom is 0.218 e. The number of hydrogen-bond acceptors (Lipinski definition) is 5. The second kappa shape index (κ2) is 5.15. The third-order valence-electron chi connectivity index (χ3n) is 2.35. The first-order valence-electron chi connectivity index (χ1n) is 5.46. The average Bonchev–Trinajstić information content (AvgIpc) is 2.88. The molecule has 0 amide bonds. The fourth-order valence-corrected chi connectivity index (χ4v) is 2.33. The monoisotopic (exact) mass is 273 g/mol. The molecule has 5 nitrogen and oxygen atoms in total. The van der Waals surface area contributed by atoms with Crippen LogP contribution in [0, 0.1) is 5.95 Å². The molecule has 0 saturated carbocycles. The highest BCUT2D eigenvalue weighted by atomic mass is 32.2. The van der Waals surface area contributed by atoms with Crippen molar-refractivity contribution in [2.45, 2.75) is 10.1 Å². The van der Waals surface area contributed by atoms with Gasteiger partial charge in [0.1, 0.15) is 0 Å². The van der Waals surface area contributed by atoms with Crippen LogP contribution in [0.4, 0.5) is 4.39 Å². The van der Waals surface area contributed by atoms with E-state index in [-0.39, 0.29) is 0 Å². The van der Waals surface area contributed by atoms with Gasteiger partial charge in [-0.25, -0.2) is 4.98 Å². The van der Waals surface area contributed by atoms with E-state index in [0.29, 0.717) is 10.1 Å². The normalized spacial score (nSPS) is 10.6. The van der Waals surface area contributed by atoms with Crippen LogP contribution in [0.15, 0.2) is 58.7 Å². The van der Waals surface area contributed by atoms with Crippen LogP contribution >= 0.6 is 11.8 Å². The molecule has 0 aliphatic heterocycles. The van der Waals surface area contributed by atoms with E-state index in [9.17, 15) is 4.39 Å². The fraction of sp³-hybridized carbons (Fsp3) is 0. The molecule has 19 heavy (non-hydrogen) atoms. The van der Waals surface area contributed by atoms with E-state index in [2.05, 4.69) is 20.5 Å².